The Morgan fingerprint density at radius 2 is 1.96 bits per heavy atom. The van der Waals surface area contributed by atoms with E-state index < -0.39 is 0 Å². The molecule has 0 atom stereocenters. The number of likely N-dealkylation sites (tertiary alicyclic amines) is 1. The van der Waals surface area contributed by atoms with Crippen molar-refractivity contribution in [1.29, 1.82) is 0 Å². The van der Waals surface area contributed by atoms with Gasteiger partial charge in [-0.1, -0.05) is 30.3 Å². The number of rotatable bonds is 5. The molecule has 1 aromatic heterocycles. The van der Waals surface area contributed by atoms with Gasteiger partial charge in [0, 0.05) is 23.1 Å². The molecule has 0 bridgehead atoms. The Kier molecular flexibility index (Phi) is 5.15. The molecule has 120 valence electrons. The molecule has 1 aliphatic rings. The van der Waals surface area contributed by atoms with Crippen molar-refractivity contribution in [3.05, 3.63) is 47.5 Å². The zero-order valence-corrected chi connectivity index (χ0v) is 13.6. The van der Waals surface area contributed by atoms with E-state index in [1.54, 1.807) is 6.20 Å². The molecule has 1 aliphatic heterocycles. The smallest absolute Gasteiger partial charge is 0.240 e. The normalized spacial score (nSPS) is 16.2. The summed E-state index contributed by atoms with van der Waals surface area (Å²) in [4.78, 5) is 30.5. The van der Waals surface area contributed by atoms with E-state index in [1.807, 2.05) is 35.7 Å². The maximum Gasteiger partial charge on any atom is 0.240 e. The van der Waals surface area contributed by atoms with Gasteiger partial charge >= 0.3 is 0 Å². The van der Waals surface area contributed by atoms with Gasteiger partial charge in [0.15, 0.2) is 10.9 Å². The van der Waals surface area contributed by atoms with Crippen LogP contribution in [-0.4, -0.2) is 41.2 Å². The van der Waals surface area contributed by atoms with E-state index in [0.29, 0.717) is 11.7 Å². The Morgan fingerprint density at radius 3 is 2.61 bits per heavy atom. The second-order valence-corrected chi connectivity index (χ2v) is 6.56. The van der Waals surface area contributed by atoms with Crippen LogP contribution >= 0.6 is 11.3 Å². The number of benzene rings is 1. The Morgan fingerprint density at radius 1 is 1.22 bits per heavy atom. The third-order valence-corrected chi connectivity index (χ3v) is 4.75. The van der Waals surface area contributed by atoms with Gasteiger partial charge in [-0.25, -0.2) is 4.98 Å². The van der Waals surface area contributed by atoms with Crippen LogP contribution in [0.15, 0.2) is 41.9 Å². The lowest BCUT2D eigenvalue weighted by Gasteiger charge is -2.30. The van der Waals surface area contributed by atoms with E-state index in [9.17, 15) is 9.59 Å². The van der Waals surface area contributed by atoms with Crippen molar-refractivity contribution in [3.63, 3.8) is 0 Å². The number of aromatic nitrogens is 1. The summed E-state index contributed by atoms with van der Waals surface area (Å²) in [6.07, 6.45) is 3.28. The molecule has 6 heteroatoms. The van der Waals surface area contributed by atoms with Crippen LogP contribution in [0.1, 0.15) is 23.2 Å². The first kappa shape index (κ1) is 15.8. The molecule has 3 rings (SSSR count). The molecule has 1 saturated heterocycles. The van der Waals surface area contributed by atoms with Gasteiger partial charge in [-0.2, -0.15) is 0 Å². The minimum Gasteiger partial charge on any atom is -0.301 e. The lowest BCUT2D eigenvalue weighted by atomic mass is 9.89. The minimum absolute atomic E-state index is 0.0483. The average Bonchev–Trinajstić information content (AvgIpc) is 3.08. The van der Waals surface area contributed by atoms with Crippen molar-refractivity contribution in [2.45, 2.75) is 12.8 Å². The van der Waals surface area contributed by atoms with Gasteiger partial charge in [0.25, 0.3) is 0 Å². The van der Waals surface area contributed by atoms with Crippen LogP contribution in [-0.2, 0) is 4.79 Å². The molecule has 5 nitrogen and oxygen atoms in total. The van der Waals surface area contributed by atoms with E-state index in [0.717, 1.165) is 31.5 Å². The Balaban J connectivity index is 1.47. The number of hydrogen-bond acceptors (Lipinski definition) is 5. The fraction of sp³-hybridized carbons (Fsp3) is 0.353. The highest BCUT2D eigenvalue weighted by atomic mass is 32.1. The lowest BCUT2D eigenvalue weighted by molar-refractivity contribution is -0.117. The molecular weight excluding hydrogens is 310 g/mol. The summed E-state index contributed by atoms with van der Waals surface area (Å²) in [7, 11) is 0. The second kappa shape index (κ2) is 7.48. The molecule has 0 spiro atoms. The summed E-state index contributed by atoms with van der Waals surface area (Å²) in [5.41, 5.74) is 0.785. The van der Waals surface area contributed by atoms with E-state index in [4.69, 9.17) is 0 Å². The largest absolute Gasteiger partial charge is 0.301 e. The first-order valence-corrected chi connectivity index (χ1v) is 8.61. The molecular formula is C17H19N3O2S. The quantitative estimate of drug-likeness (QED) is 0.857. The number of thiazole rings is 1. The zero-order chi connectivity index (χ0) is 16.1. The predicted molar refractivity (Wildman–Crippen MR) is 90.7 cm³/mol. The summed E-state index contributed by atoms with van der Waals surface area (Å²) in [5, 5.41) is 5.25. The maximum absolute atomic E-state index is 12.4. The molecule has 2 aromatic rings. The first-order chi connectivity index (χ1) is 11.2. The summed E-state index contributed by atoms with van der Waals surface area (Å²) >= 11 is 1.41. The third-order valence-electron chi connectivity index (χ3n) is 4.06. The van der Waals surface area contributed by atoms with Crippen LogP contribution < -0.4 is 5.32 Å². The number of carbonyl (C=O) groups is 2. The van der Waals surface area contributed by atoms with Gasteiger partial charge in [0.1, 0.15) is 0 Å². The predicted octanol–water partition coefficient (Wildman–Crippen LogP) is 2.68. The molecule has 1 amide bonds. The summed E-state index contributed by atoms with van der Waals surface area (Å²) in [6.45, 7) is 1.90. The number of ketones is 1. The molecule has 2 heterocycles. The minimum atomic E-state index is -0.0483. The summed E-state index contributed by atoms with van der Waals surface area (Å²) in [5.74, 6) is 0.237. The second-order valence-electron chi connectivity index (χ2n) is 5.67. The van der Waals surface area contributed by atoms with Gasteiger partial charge in [-0.3, -0.25) is 14.5 Å². The molecule has 0 radical (unpaired) electrons. The highest BCUT2D eigenvalue weighted by molar-refractivity contribution is 7.13. The first-order valence-electron chi connectivity index (χ1n) is 7.73. The third kappa shape index (κ3) is 4.24. The lowest BCUT2D eigenvalue weighted by Crippen LogP contribution is -2.40. The van der Waals surface area contributed by atoms with Crippen LogP contribution in [0.25, 0.3) is 0 Å². The van der Waals surface area contributed by atoms with Crippen LogP contribution in [0, 0.1) is 5.92 Å². The number of hydrogen-bond donors (Lipinski definition) is 1. The van der Waals surface area contributed by atoms with E-state index in [1.165, 1.54) is 11.3 Å². The highest BCUT2D eigenvalue weighted by Crippen LogP contribution is 2.21. The highest BCUT2D eigenvalue weighted by Gasteiger charge is 2.26. The number of nitrogens with one attached hydrogen (secondary N) is 1. The number of Topliss-reactive ketones (excluding diaryl/α,β-unsaturated/α-hetero) is 1. The van der Waals surface area contributed by atoms with E-state index in [-0.39, 0.29) is 17.6 Å². The van der Waals surface area contributed by atoms with E-state index in [2.05, 4.69) is 15.2 Å². The summed E-state index contributed by atoms with van der Waals surface area (Å²) < 4.78 is 0. The molecule has 0 saturated carbocycles. The van der Waals surface area contributed by atoms with Gasteiger partial charge in [0.2, 0.25) is 5.91 Å². The zero-order valence-electron chi connectivity index (χ0n) is 12.8. The molecule has 1 aromatic carbocycles. The fourth-order valence-corrected chi connectivity index (χ4v) is 3.38. The number of anilines is 1. The molecule has 1 N–H and O–H groups in total. The molecule has 0 aliphatic carbocycles. The molecule has 1 fully saturated rings. The number of nitrogens with zero attached hydrogens (tertiary/aromatic N) is 2. The van der Waals surface area contributed by atoms with Crippen LogP contribution in [0.5, 0.6) is 0 Å². The maximum atomic E-state index is 12.4. The molecule has 23 heavy (non-hydrogen) atoms. The SMILES string of the molecule is O=C(CN1CCC(C(=O)c2ccccc2)CC1)Nc1nccs1. The van der Waals surface area contributed by atoms with Crippen LogP contribution in [0.4, 0.5) is 5.13 Å². The van der Waals surface area contributed by atoms with Crippen LogP contribution in [0.2, 0.25) is 0 Å². The fourth-order valence-electron chi connectivity index (χ4n) is 2.84. The van der Waals surface area contributed by atoms with Crippen molar-refractivity contribution in [1.82, 2.24) is 9.88 Å². The Labute approximate surface area is 139 Å². The van der Waals surface area contributed by atoms with Crippen LogP contribution in [0.3, 0.4) is 0 Å². The monoisotopic (exact) mass is 329 g/mol. The topological polar surface area (TPSA) is 62.3 Å². The van der Waals surface area contributed by atoms with Crippen molar-refractivity contribution in [2.24, 2.45) is 5.92 Å². The van der Waals surface area contributed by atoms with Crippen molar-refractivity contribution < 1.29 is 9.59 Å². The van der Waals surface area contributed by atoms with Crippen molar-refractivity contribution >= 4 is 28.2 Å². The summed E-state index contributed by atoms with van der Waals surface area (Å²) in [6, 6.07) is 9.45. The van der Waals surface area contributed by atoms with Crippen molar-refractivity contribution in [2.75, 3.05) is 25.0 Å². The van der Waals surface area contributed by atoms with Gasteiger partial charge in [0.05, 0.1) is 6.54 Å². The van der Waals surface area contributed by atoms with Gasteiger partial charge in [-0.15, -0.1) is 11.3 Å². The van der Waals surface area contributed by atoms with Crippen molar-refractivity contribution in [3.8, 4) is 0 Å². The van der Waals surface area contributed by atoms with Gasteiger partial charge in [-0.05, 0) is 25.9 Å². The van der Waals surface area contributed by atoms with E-state index >= 15 is 0 Å². The average molecular weight is 329 g/mol. The van der Waals surface area contributed by atoms with Gasteiger partial charge < -0.3 is 5.32 Å². The standard InChI is InChI=1S/C17H19N3O2S/c21-15(19-17-18-8-11-23-17)12-20-9-6-14(7-10-20)16(22)13-4-2-1-3-5-13/h1-5,8,11,14H,6-7,9-10,12H2,(H,18,19,21). The Bertz CT molecular complexity index is 650. The number of amides is 1. The number of piperidine rings is 1. The molecule has 0 unspecified atom stereocenters. The Hall–Kier alpha value is -2.05. The number of carbonyl (C=O) groups excluding carboxylic acids is 2.